The van der Waals surface area contributed by atoms with Crippen LogP contribution in [0.4, 0.5) is 0 Å². The number of nitrogens with zero attached hydrogens (tertiary/aromatic N) is 1. The van der Waals surface area contributed by atoms with Crippen LogP contribution in [-0.2, 0) is 11.2 Å². The molecule has 5 nitrogen and oxygen atoms in total. The second-order valence-electron chi connectivity index (χ2n) is 7.79. The van der Waals surface area contributed by atoms with E-state index in [0.29, 0.717) is 16.3 Å². The number of halogens is 2. The zero-order valence-corrected chi connectivity index (χ0v) is 18.1. The summed E-state index contributed by atoms with van der Waals surface area (Å²) in [6.07, 6.45) is 0.113. The molecule has 3 N–H and O–H groups in total. The third-order valence-corrected chi connectivity index (χ3v) is 7.10. The van der Waals surface area contributed by atoms with Crippen LogP contribution in [0.1, 0.15) is 22.7 Å². The lowest BCUT2D eigenvalue weighted by Gasteiger charge is -2.40. The Balaban J connectivity index is 1.85. The first-order valence-corrected chi connectivity index (χ1v) is 10.8. The molecule has 5 rings (SSSR count). The van der Waals surface area contributed by atoms with E-state index >= 15 is 0 Å². The van der Waals surface area contributed by atoms with Gasteiger partial charge in [0.1, 0.15) is 11.4 Å². The molecule has 5 atom stereocenters. The maximum Gasteiger partial charge on any atom is 0.181 e. The normalized spacial score (nSPS) is 31.8. The lowest BCUT2D eigenvalue weighted by atomic mass is 9.71. The quantitative estimate of drug-likeness (QED) is 0.523. The number of aliphatic hydroxyl groups is 3. The van der Waals surface area contributed by atoms with Crippen LogP contribution in [0.2, 0.25) is 5.02 Å². The Labute approximate surface area is 187 Å². The molecule has 1 fully saturated rings. The zero-order chi connectivity index (χ0) is 21.1. The first-order chi connectivity index (χ1) is 14.4. The van der Waals surface area contributed by atoms with Crippen LogP contribution >= 0.6 is 27.5 Å². The van der Waals surface area contributed by atoms with Crippen molar-refractivity contribution in [3.8, 4) is 5.75 Å². The van der Waals surface area contributed by atoms with Crippen molar-refractivity contribution in [3.63, 3.8) is 0 Å². The van der Waals surface area contributed by atoms with Gasteiger partial charge < -0.3 is 20.1 Å². The van der Waals surface area contributed by atoms with Crippen LogP contribution in [-0.4, -0.2) is 33.0 Å². The molecule has 2 heterocycles. The van der Waals surface area contributed by atoms with Crippen LogP contribution in [0.15, 0.2) is 71.3 Å². The molecule has 1 aliphatic heterocycles. The van der Waals surface area contributed by atoms with E-state index in [1.807, 2.05) is 54.6 Å². The van der Waals surface area contributed by atoms with E-state index in [4.69, 9.17) is 16.3 Å². The molecule has 1 aliphatic carbocycles. The van der Waals surface area contributed by atoms with Crippen LogP contribution < -0.4 is 4.74 Å². The van der Waals surface area contributed by atoms with Gasteiger partial charge in [-0.3, -0.25) is 4.98 Å². The average molecular weight is 489 g/mol. The molecule has 0 bridgehead atoms. The highest BCUT2D eigenvalue weighted by Gasteiger charge is 2.76. The van der Waals surface area contributed by atoms with Gasteiger partial charge in [-0.1, -0.05) is 70.0 Å². The van der Waals surface area contributed by atoms with Gasteiger partial charge in [0.15, 0.2) is 11.2 Å². The highest BCUT2D eigenvalue weighted by Crippen LogP contribution is 2.67. The summed E-state index contributed by atoms with van der Waals surface area (Å²) < 4.78 is 7.39. The number of aliphatic hydroxyl groups excluding tert-OH is 2. The van der Waals surface area contributed by atoms with E-state index in [1.165, 1.54) is 6.20 Å². The van der Waals surface area contributed by atoms with Crippen molar-refractivity contribution >= 4 is 27.5 Å². The van der Waals surface area contributed by atoms with Gasteiger partial charge in [0, 0.05) is 35.2 Å². The smallest absolute Gasteiger partial charge is 0.181 e. The highest BCUT2D eigenvalue weighted by molar-refractivity contribution is 9.10. The first kappa shape index (κ1) is 20.0. The molecule has 5 unspecified atom stereocenters. The monoisotopic (exact) mass is 487 g/mol. The van der Waals surface area contributed by atoms with Gasteiger partial charge in [0.05, 0.1) is 11.1 Å². The number of fused-ring (bicyclic) bond motifs is 3. The Hall–Kier alpha value is -1.96. The molecule has 0 saturated heterocycles. The summed E-state index contributed by atoms with van der Waals surface area (Å²) >= 11 is 9.60. The third-order valence-electron chi connectivity index (χ3n) is 6.36. The minimum Gasteiger partial charge on any atom is -0.476 e. The van der Waals surface area contributed by atoms with Crippen LogP contribution in [0.25, 0.3) is 0 Å². The Morgan fingerprint density at radius 2 is 1.80 bits per heavy atom. The number of aromatic nitrogens is 1. The van der Waals surface area contributed by atoms with Gasteiger partial charge in [0.2, 0.25) is 0 Å². The Kier molecular flexibility index (Phi) is 4.69. The summed E-state index contributed by atoms with van der Waals surface area (Å²) in [6, 6.07) is 18.5. The minimum atomic E-state index is -1.88. The van der Waals surface area contributed by atoms with Crippen LogP contribution in [0.5, 0.6) is 5.75 Å². The van der Waals surface area contributed by atoms with Gasteiger partial charge in [-0.2, -0.15) is 0 Å². The summed E-state index contributed by atoms with van der Waals surface area (Å²) in [5.41, 5.74) is -1.55. The fourth-order valence-corrected chi connectivity index (χ4v) is 5.58. The van der Waals surface area contributed by atoms with E-state index in [9.17, 15) is 15.3 Å². The summed E-state index contributed by atoms with van der Waals surface area (Å²) in [7, 11) is 0. The number of rotatable bonds is 3. The Bertz CT molecular complexity index is 1100. The summed E-state index contributed by atoms with van der Waals surface area (Å²) in [4.78, 5) is 4.35. The number of hydrogen-bond donors (Lipinski definition) is 3. The first-order valence-electron chi connectivity index (χ1n) is 9.61. The van der Waals surface area contributed by atoms with Crippen molar-refractivity contribution in [1.29, 1.82) is 0 Å². The summed E-state index contributed by atoms with van der Waals surface area (Å²) in [5.74, 6) is -0.895. The predicted molar refractivity (Wildman–Crippen MR) is 115 cm³/mol. The average Bonchev–Trinajstić information content (AvgIpc) is 3.12. The molecule has 154 valence electrons. The summed E-state index contributed by atoms with van der Waals surface area (Å²) in [6.45, 7) is -0.326. The fraction of sp³-hybridized carbons (Fsp3) is 0.261. The van der Waals surface area contributed by atoms with Crippen molar-refractivity contribution in [2.45, 2.75) is 23.2 Å². The van der Waals surface area contributed by atoms with Crippen molar-refractivity contribution in [3.05, 3.63) is 93.2 Å². The third kappa shape index (κ3) is 2.49. The molecule has 2 aliphatic rings. The SMILES string of the molecule is OCC1C(O)C2(O)c3ncc(Cl)cc3OC2(c2ccc(Br)cc2)C1c1ccccc1. The van der Waals surface area contributed by atoms with Gasteiger partial charge in [-0.25, -0.2) is 0 Å². The molecule has 0 radical (unpaired) electrons. The van der Waals surface area contributed by atoms with Crippen LogP contribution in [0, 0.1) is 5.92 Å². The van der Waals surface area contributed by atoms with Crippen molar-refractivity contribution in [1.82, 2.24) is 4.98 Å². The predicted octanol–water partition coefficient (Wildman–Crippen LogP) is 3.74. The molecule has 1 saturated carbocycles. The second kappa shape index (κ2) is 7.04. The minimum absolute atomic E-state index is 0.221. The van der Waals surface area contributed by atoms with Gasteiger partial charge in [0.25, 0.3) is 0 Å². The molecule has 7 heteroatoms. The number of ether oxygens (including phenoxy) is 1. The topological polar surface area (TPSA) is 82.8 Å². The van der Waals surface area contributed by atoms with Crippen molar-refractivity contribution < 1.29 is 20.1 Å². The summed E-state index contributed by atoms with van der Waals surface area (Å²) in [5, 5.41) is 34.1. The maximum atomic E-state index is 12.1. The van der Waals surface area contributed by atoms with Crippen LogP contribution in [0.3, 0.4) is 0 Å². The van der Waals surface area contributed by atoms with Gasteiger partial charge >= 0.3 is 0 Å². The zero-order valence-electron chi connectivity index (χ0n) is 15.7. The van der Waals surface area contributed by atoms with E-state index in [-0.39, 0.29) is 12.3 Å². The number of pyridine rings is 1. The molecular formula is C23H19BrClNO4. The second-order valence-corrected chi connectivity index (χ2v) is 9.14. The largest absolute Gasteiger partial charge is 0.476 e. The molecule has 3 aromatic rings. The van der Waals surface area contributed by atoms with Crippen molar-refractivity contribution in [2.75, 3.05) is 6.61 Å². The van der Waals surface area contributed by atoms with Gasteiger partial charge in [-0.15, -0.1) is 0 Å². The lowest BCUT2D eigenvalue weighted by Crippen LogP contribution is -2.52. The highest BCUT2D eigenvalue weighted by atomic mass is 79.9. The van der Waals surface area contributed by atoms with E-state index in [0.717, 1.165) is 10.0 Å². The van der Waals surface area contributed by atoms with Crippen molar-refractivity contribution in [2.24, 2.45) is 5.92 Å². The Morgan fingerprint density at radius 1 is 1.10 bits per heavy atom. The standard InChI is InChI=1S/C23H19BrClNO4/c24-15-8-6-14(7-9-15)23-19(13-4-2-1-3-5-13)17(12-27)21(28)22(23,29)20-18(30-23)10-16(25)11-26-20/h1-11,17,19,21,27-29H,12H2. The van der Waals surface area contributed by atoms with E-state index < -0.39 is 29.1 Å². The molecule has 2 aromatic carbocycles. The number of benzene rings is 2. The number of hydrogen-bond acceptors (Lipinski definition) is 5. The van der Waals surface area contributed by atoms with E-state index in [1.54, 1.807) is 6.07 Å². The molecule has 0 amide bonds. The molecule has 0 spiro atoms. The Morgan fingerprint density at radius 3 is 2.47 bits per heavy atom. The van der Waals surface area contributed by atoms with E-state index in [2.05, 4.69) is 20.9 Å². The van der Waals surface area contributed by atoms with Gasteiger partial charge in [-0.05, 0) is 23.3 Å². The lowest BCUT2D eigenvalue weighted by molar-refractivity contribution is -0.154. The molecule has 1 aromatic heterocycles. The molecule has 30 heavy (non-hydrogen) atoms. The molecular weight excluding hydrogens is 470 g/mol. The fourth-order valence-electron chi connectivity index (χ4n) is 5.17. The maximum absolute atomic E-state index is 12.1.